The van der Waals surface area contributed by atoms with Gasteiger partial charge in [0.25, 0.3) is 0 Å². The number of anilines is 2. The molecule has 1 amide bonds. The summed E-state index contributed by atoms with van der Waals surface area (Å²) in [4.78, 5) is 14.1. The van der Waals surface area contributed by atoms with Crippen LogP contribution in [0.15, 0.2) is 30.6 Å². The van der Waals surface area contributed by atoms with Crippen LogP contribution < -0.4 is 10.2 Å². The zero-order valence-electron chi connectivity index (χ0n) is 13.2. The number of carbonyl (C=O) groups excluding carboxylic acids is 1. The quantitative estimate of drug-likeness (QED) is 0.924. The molecule has 130 valence electrons. The number of nitrogens with zero attached hydrogens (tertiary/aromatic N) is 4. The van der Waals surface area contributed by atoms with E-state index < -0.39 is 23.3 Å². The topological polar surface area (TPSA) is 73.9 Å². The van der Waals surface area contributed by atoms with E-state index in [0.717, 1.165) is 12.1 Å². The Bertz CT molecular complexity index is 852. The number of hydrogen-bond donors (Lipinski definition) is 1. The van der Waals surface area contributed by atoms with E-state index in [9.17, 15) is 18.0 Å². The minimum absolute atomic E-state index is 0.189. The van der Waals surface area contributed by atoms with E-state index in [1.807, 2.05) is 0 Å². The van der Waals surface area contributed by atoms with Crippen LogP contribution in [-0.4, -0.2) is 28.3 Å². The number of nitrogens with one attached hydrogen (secondary N) is 1. The van der Waals surface area contributed by atoms with Crippen LogP contribution in [0.1, 0.15) is 17.5 Å². The van der Waals surface area contributed by atoms with Gasteiger partial charge in [0.15, 0.2) is 0 Å². The van der Waals surface area contributed by atoms with E-state index in [1.165, 1.54) is 6.07 Å². The molecule has 2 heterocycles. The molecule has 1 aromatic carbocycles. The Hall–Kier alpha value is -3.02. The minimum atomic E-state index is -4.59. The monoisotopic (exact) mass is 349 g/mol. The molecule has 6 nitrogen and oxygen atoms in total. The van der Waals surface area contributed by atoms with Crippen LogP contribution in [0.4, 0.5) is 24.5 Å². The number of rotatable bonds is 3. The number of amides is 1. The standard InChI is InChI=1S/C16H14F3N5O/c1-23-9-12(8-21-23)24-5-4-14(15(24)25)22-11-2-3-13(16(17,18)19)10(6-11)7-20/h2-3,6,8-9,14,22H,4-5H2,1H3/t14-/m0/s1. The molecule has 1 saturated heterocycles. The Balaban J connectivity index is 1.77. The lowest BCUT2D eigenvalue weighted by Crippen LogP contribution is -2.33. The van der Waals surface area contributed by atoms with Gasteiger partial charge in [-0.15, -0.1) is 0 Å². The third kappa shape index (κ3) is 3.28. The molecule has 0 aliphatic carbocycles. The Morgan fingerprint density at radius 1 is 1.40 bits per heavy atom. The Labute approximate surface area is 141 Å². The predicted molar refractivity (Wildman–Crippen MR) is 83.7 cm³/mol. The fourth-order valence-corrected chi connectivity index (χ4v) is 2.79. The van der Waals surface area contributed by atoms with Crippen molar-refractivity contribution in [3.8, 4) is 6.07 Å². The van der Waals surface area contributed by atoms with Gasteiger partial charge >= 0.3 is 6.18 Å². The second-order valence-electron chi connectivity index (χ2n) is 5.72. The van der Waals surface area contributed by atoms with E-state index >= 15 is 0 Å². The molecule has 0 saturated carbocycles. The summed E-state index contributed by atoms with van der Waals surface area (Å²) >= 11 is 0. The Kier molecular flexibility index (Phi) is 4.12. The van der Waals surface area contributed by atoms with Crippen molar-refractivity contribution in [1.29, 1.82) is 5.26 Å². The number of nitriles is 1. The number of alkyl halides is 3. The molecule has 1 N–H and O–H groups in total. The van der Waals surface area contributed by atoms with E-state index in [4.69, 9.17) is 5.26 Å². The molecule has 1 aliphatic heterocycles. The highest BCUT2D eigenvalue weighted by molar-refractivity contribution is 6.00. The van der Waals surface area contributed by atoms with Crippen LogP contribution in [0.5, 0.6) is 0 Å². The van der Waals surface area contributed by atoms with Crippen molar-refractivity contribution in [2.75, 3.05) is 16.8 Å². The zero-order chi connectivity index (χ0) is 18.2. The molecule has 25 heavy (non-hydrogen) atoms. The highest BCUT2D eigenvalue weighted by Crippen LogP contribution is 2.33. The maximum atomic E-state index is 12.8. The third-order valence-electron chi connectivity index (χ3n) is 3.99. The van der Waals surface area contributed by atoms with Gasteiger partial charge in [0, 0.05) is 25.5 Å². The first kappa shape index (κ1) is 16.8. The molecular weight excluding hydrogens is 335 g/mol. The molecule has 9 heteroatoms. The van der Waals surface area contributed by atoms with Gasteiger partial charge in [-0.1, -0.05) is 0 Å². The number of aryl methyl sites for hydroxylation is 1. The first-order valence-electron chi connectivity index (χ1n) is 7.47. The first-order valence-corrected chi connectivity index (χ1v) is 7.47. The average Bonchev–Trinajstić information content (AvgIpc) is 3.13. The number of halogens is 3. The van der Waals surface area contributed by atoms with Crippen molar-refractivity contribution >= 4 is 17.3 Å². The Morgan fingerprint density at radius 3 is 2.76 bits per heavy atom. The van der Waals surface area contributed by atoms with E-state index in [1.54, 1.807) is 35.1 Å². The van der Waals surface area contributed by atoms with E-state index in [-0.39, 0.29) is 5.91 Å². The summed E-state index contributed by atoms with van der Waals surface area (Å²) in [6.45, 7) is 0.480. The van der Waals surface area contributed by atoms with Gasteiger partial charge in [-0.2, -0.15) is 23.5 Å². The highest BCUT2D eigenvalue weighted by atomic mass is 19.4. The molecule has 0 radical (unpaired) electrons. The summed E-state index contributed by atoms with van der Waals surface area (Å²) in [5.74, 6) is -0.189. The minimum Gasteiger partial charge on any atom is -0.374 e. The lowest BCUT2D eigenvalue weighted by atomic mass is 10.1. The number of hydrogen-bond acceptors (Lipinski definition) is 4. The molecule has 0 spiro atoms. The molecule has 1 aromatic heterocycles. The number of benzene rings is 1. The van der Waals surface area contributed by atoms with Crippen LogP contribution in [0.2, 0.25) is 0 Å². The van der Waals surface area contributed by atoms with Crippen molar-refractivity contribution in [3.05, 3.63) is 41.7 Å². The summed E-state index contributed by atoms with van der Waals surface area (Å²) in [5.41, 5.74) is -0.500. The fourth-order valence-electron chi connectivity index (χ4n) is 2.79. The molecule has 2 aromatic rings. The van der Waals surface area contributed by atoms with Crippen LogP contribution in [0.25, 0.3) is 0 Å². The van der Waals surface area contributed by atoms with Crippen molar-refractivity contribution in [2.24, 2.45) is 7.05 Å². The van der Waals surface area contributed by atoms with Crippen molar-refractivity contribution in [2.45, 2.75) is 18.6 Å². The maximum Gasteiger partial charge on any atom is 0.417 e. The molecule has 1 aliphatic rings. The molecular formula is C16H14F3N5O. The first-order chi connectivity index (χ1) is 11.8. The van der Waals surface area contributed by atoms with E-state index in [0.29, 0.717) is 24.3 Å². The molecule has 1 fully saturated rings. The molecule has 0 bridgehead atoms. The Morgan fingerprint density at radius 2 is 2.16 bits per heavy atom. The largest absolute Gasteiger partial charge is 0.417 e. The summed E-state index contributed by atoms with van der Waals surface area (Å²) < 4.78 is 40.1. The predicted octanol–water partition coefficient (Wildman–Crippen LogP) is 2.53. The summed E-state index contributed by atoms with van der Waals surface area (Å²) in [5, 5.41) is 15.9. The second-order valence-corrected chi connectivity index (χ2v) is 5.72. The lowest BCUT2D eigenvalue weighted by molar-refractivity contribution is -0.137. The molecule has 1 atom stereocenters. The molecule has 3 rings (SSSR count). The van der Waals surface area contributed by atoms with Gasteiger partial charge < -0.3 is 10.2 Å². The summed E-state index contributed by atoms with van der Waals surface area (Å²) in [6.07, 6.45) is -0.807. The SMILES string of the molecule is Cn1cc(N2CC[C@H](Nc3ccc(C(F)(F)F)c(C#N)c3)C2=O)cn1. The normalized spacial score (nSPS) is 17.6. The molecule has 0 unspecified atom stereocenters. The van der Waals surface area contributed by atoms with Crippen LogP contribution in [0.3, 0.4) is 0 Å². The van der Waals surface area contributed by atoms with Crippen molar-refractivity contribution in [1.82, 2.24) is 9.78 Å². The van der Waals surface area contributed by atoms with Gasteiger partial charge in [0.2, 0.25) is 5.91 Å². The van der Waals surface area contributed by atoms with E-state index in [2.05, 4.69) is 10.4 Å². The van der Waals surface area contributed by atoms with Crippen molar-refractivity contribution in [3.63, 3.8) is 0 Å². The third-order valence-corrected chi connectivity index (χ3v) is 3.99. The van der Waals surface area contributed by atoms with Crippen molar-refractivity contribution < 1.29 is 18.0 Å². The fraction of sp³-hybridized carbons (Fsp3) is 0.312. The van der Waals surface area contributed by atoms with Gasteiger partial charge in [0.1, 0.15) is 6.04 Å². The summed E-state index contributed by atoms with van der Waals surface area (Å²) in [6, 6.07) is 4.17. The maximum absolute atomic E-state index is 12.8. The second kappa shape index (κ2) is 6.12. The smallest absolute Gasteiger partial charge is 0.374 e. The van der Waals surface area contributed by atoms with Crippen LogP contribution in [0, 0.1) is 11.3 Å². The van der Waals surface area contributed by atoms with Crippen LogP contribution in [-0.2, 0) is 18.0 Å². The van der Waals surface area contributed by atoms with Gasteiger partial charge in [-0.05, 0) is 24.6 Å². The summed E-state index contributed by atoms with van der Waals surface area (Å²) in [7, 11) is 1.74. The number of aromatic nitrogens is 2. The van der Waals surface area contributed by atoms with Gasteiger partial charge in [-0.25, -0.2) is 0 Å². The van der Waals surface area contributed by atoms with Crippen LogP contribution >= 0.6 is 0 Å². The van der Waals surface area contributed by atoms with Gasteiger partial charge in [-0.3, -0.25) is 9.48 Å². The van der Waals surface area contributed by atoms with Gasteiger partial charge in [0.05, 0.1) is 29.1 Å². The zero-order valence-corrected chi connectivity index (χ0v) is 13.2. The average molecular weight is 349 g/mol. The lowest BCUT2D eigenvalue weighted by Gasteiger charge is -2.17. The highest BCUT2D eigenvalue weighted by Gasteiger charge is 2.35. The number of carbonyl (C=O) groups is 1.